The molecule has 0 bridgehead atoms. The molecule has 2 N–H and O–H groups in total. The largest absolute Gasteiger partial charge is 0.395 e. The molecule has 2 heteroatoms. The highest BCUT2D eigenvalue weighted by molar-refractivity contribution is 4.72. The van der Waals surface area contributed by atoms with Crippen LogP contribution in [0.5, 0.6) is 0 Å². The molecular weight excluding hydrogens is 138 g/mol. The van der Waals surface area contributed by atoms with Gasteiger partial charge in [-0.05, 0) is 5.92 Å². The van der Waals surface area contributed by atoms with Crippen LogP contribution in [0.25, 0.3) is 0 Å². The highest BCUT2D eigenvalue weighted by Crippen LogP contribution is 2.07. The molecule has 2 atom stereocenters. The average Bonchev–Trinajstić information content (AvgIpc) is 1.98. The van der Waals surface area contributed by atoms with Gasteiger partial charge in [-0.15, -0.1) is 0 Å². The molecule has 11 heavy (non-hydrogen) atoms. The Kier molecular flexibility index (Phi) is 5.51. The van der Waals surface area contributed by atoms with E-state index in [0.717, 1.165) is 6.42 Å². The van der Waals surface area contributed by atoms with E-state index in [-0.39, 0.29) is 12.6 Å². The molecule has 0 aliphatic heterocycles. The van der Waals surface area contributed by atoms with Crippen LogP contribution in [0, 0.1) is 5.92 Å². The first kappa shape index (κ1) is 10.9. The number of nitrogens with one attached hydrogen (secondary N) is 1. The Balaban J connectivity index is 3.74. The number of aliphatic hydroxyl groups is 1. The minimum absolute atomic E-state index is 0.243. The zero-order chi connectivity index (χ0) is 8.85. The second-order valence-corrected chi connectivity index (χ2v) is 3.50. The molecule has 0 saturated heterocycles. The Morgan fingerprint density at radius 2 is 1.82 bits per heavy atom. The van der Waals surface area contributed by atoms with Crippen LogP contribution >= 0.6 is 0 Å². The van der Waals surface area contributed by atoms with Crippen molar-refractivity contribution in [3.63, 3.8) is 0 Å². The van der Waals surface area contributed by atoms with Crippen molar-refractivity contribution in [3.05, 3.63) is 0 Å². The molecule has 2 nitrogen and oxygen atoms in total. The molecule has 0 amide bonds. The van der Waals surface area contributed by atoms with E-state index >= 15 is 0 Å². The molecule has 0 fully saturated rings. The number of hydrogen-bond acceptors (Lipinski definition) is 2. The molecule has 0 heterocycles. The molecule has 0 aliphatic rings. The standard InChI is InChI=1S/C9H21NO/c1-5-8(4)9(6-11)10-7(2)3/h7-11H,5-6H2,1-4H3. The fraction of sp³-hybridized carbons (Fsp3) is 1.00. The number of aliphatic hydroxyl groups excluding tert-OH is 1. The average molecular weight is 159 g/mol. The van der Waals surface area contributed by atoms with Crippen molar-refractivity contribution in [3.8, 4) is 0 Å². The van der Waals surface area contributed by atoms with Crippen molar-refractivity contribution in [2.45, 2.75) is 46.2 Å². The molecule has 0 saturated carbocycles. The summed E-state index contributed by atoms with van der Waals surface area (Å²) >= 11 is 0. The van der Waals surface area contributed by atoms with Crippen LogP contribution in [-0.2, 0) is 0 Å². The molecule has 0 radical (unpaired) electrons. The van der Waals surface area contributed by atoms with Crippen molar-refractivity contribution < 1.29 is 5.11 Å². The van der Waals surface area contributed by atoms with Gasteiger partial charge >= 0.3 is 0 Å². The Labute approximate surface area is 70.0 Å². The fourth-order valence-corrected chi connectivity index (χ4v) is 1.11. The van der Waals surface area contributed by atoms with E-state index < -0.39 is 0 Å². The minimum atomic E-state index is 0.243. The van der Waals surface area contributed by atoms with Crippen LogP contribution in [-0.4, -0.2) is 23.8 Å². The summed E-state index contributed by atoms with van der Waals surface area (Å²) in [7, 11) is 0. The van der Waals surface area contributed by atoms with Crippen molar-refractivity contribution in [2.75, 3.05) is 6.61 Å². The molecule has 0 aromatic carbocycles. The van der Waals surface area contributed by atoms with Gasteiger partial charge in [0.05, 0.1) is 6.61 Å². The predicted molar refractivity (Wildman–Crippen MR) is 48.6 cm³/mol. The Morgan fingerprint density at radius 1 is 1.27 bits per heavy atom. The zero-order valence-electron chi connectivity index (χ0n) is 8.09. The molecular formula is C9H21NO. The van der Waals surface area contributed by atoms with Gasteiger partial charge in [-0.1, -0.05) is 34.1 Å². The van der Waals surface area contributed by atoms with Gasteiger partial charge in [0.2, 0.25) is 0 Å². The molecule has 0 rings (SSSR count). The Hall–Kier alpha value is -0.0800. The quantitative estimate of drug-likeness (QED) is 0.635. The first-order valence-electron chi connectivity index (χ1n) is 4.48. The summed E-state index contributed by atoms with van der Waals surface area (Å²) in [5, 5.41) is 12.3. The summed E-state index contributed by atoms with van der Waals surface area (Å²) in [5.41, 5.74) is 0. The third-order valence-electron chi connectivity index (χ3n) is 2.07. The predicted octanol–water partition coefficient (Wildman–Crippen LogP) is 1.39. The topological polar surface area (TPSA) is 32.3 Å². The SMILES string of the molecule is CCC(C)C(CO)NC(C)C. The maximum atomic E-state index is 9.01. The third-order valence-corrected chi connectivity index (χ3v) is 2.07. The molecule has 0 aliphatic carbocycles. The van der Waals surface area contributed by atoms with Gasteiger partial charge in [0.15, 0.2) is 0 Å². The molecule has 2 unspecified atom stereocenters. The van der Waals surface area contributed by atoms with Crippen molar-refractivity contribution in [1.82, 2.24) is 5.32 Å². The first-order valence-corrected chi connectivity index (χ1v) is 4.48. The van der Waals surface area contributed by atoms with Gasteiger partial charge < -0.3 is 10.4 Å². The van der Waals surface area contributed by atoms with Crippen LogP contribution in [0.4, 0.5) is 0 Å². The zero-order valence-corrected chi connectivity index (χ0v) is 8.09. The van der Waals surface area contributed by atoms with E-state index in [2.05, 4.69) is 33.0 Å². The van der Waals surface area contributed by atoms with Gasteiger partial charge in [0.1, 0.15) is 0 Å². The number of rotatable bonds is 5. The lowest BCUT2D eigenvalue weighted by molar-refractivity contribution is 0.194. The van der Waals surface area contributed by atoms with Crippen molar-refractivity contribution >= 4 is 0 Å². The van der Waals surface area contributed by atoms with Gasteiger partial charge in [0.25, 0.3) is 0 Å². The van der Waals surface area contributed by atoms with Crippen LogP contribution in [0.15, 0.2) is 0 Å². The second-order valence-electron chi connectivity index (χ2n) is 3.50. The number of hydrogen-bond donors (Lipinski definition) is 2. The highest BCUT2D eigenvalue weighted by Gasteiger charge is 2.14. The summed E-state index contributed by atoms with van der Waals surface area (Å²) in [4.78, 5) is 0. The fourth-order valence-electron chi connectivity index (χ4n) is 1.11. The van der Waals surface area contributed by atoms with E-state index in [4.69, 9.17) is 5.11 Å². The van der Waals surface area contributed by atoms with Crippen LogP contribution in [0.1, 0.15) is 34.1 Å². The third kappa shape index (κ3) is 4.38. The summed E-state index contributed by atoms with van der Waals surface area (Å²) in [6.07, 6.45) is 1.12. The van der Waals surface area contributed by atoms with E-state index in [9.17, 15) is 0 Å². The Bertz CT molecular complexity index is 93.6. The Morgan fingerprint density at radius 3 is 2.09 bits per heavy atom. The smallest absolute Gasteiger partial charge is 0.0587 e. The van der Waals surface area contributed by atoms with E-state index in [1.54, 1.807) is 0 Å². The summed E-state index contributed by atoms with van der Waals surface area (Å²) in [5.74, 6) is 0.558. The van der Waals surface area contributed by atoms with Crippen molar-refractivity contribution in [2.24, 2.45) is 5.92 Å². The van der Waals surface area contributed by atoms with E-state index in [1.165, 1.54) is 0 Å². The van der Waals surface area contributed by atoms with Gasteiger partial charge in [-0.2, -0.15) is 0 Å². The maximum absolute atomic E-state index is 9.01. The molecule has 0 aromatic rings. The lowest BCUT2D eigenvalue weighted by Crippen LogP contribution is -2.41. The van der Waals surface area contributed by atoms with Crippen LogP contribution < -0.4 is 5.32 Å². The highest BCUT2D eigenvalue weighted by atomic mass is 16.3. The summed E-state index contributed by atoms with van der Waals surface area (Å²) < 4.78 is 0. The van der Waals surface area contributed by atoms with Crippen LogP contribution in [0.3, 0.4) is 0 Å². The molecule has 0 aromatic heterocycles. The maximum Gasteiger partial charge on any atom is 0.0587 e. The first-order chi connectivity index (χ1) is 5.11. The lowest BCUT2D eigenvalue weighted by atomic mass is 9.99. The normalized spacial score (nSPS) is 16.9. The van der Waals surface area contributed by atoms with Gasteiger partial charge in [-0.25, -0.2) is 0 Å². The van der Waals surface area contributed by atoms with Crippen molar-refractivity contribution in [1.29, 1.82) is 0 Å². The van der Waals surface area contributed by atoms with Gasteiger partial charge in [0, 0.05) is 12.1 Å². The second kappa shape index (κ2) is 5.56. The monoisotopic (exact) mass is 159 g/mol. The van der Waals surface area contributed by atoms with Crippen LogP contribution in [0.2, 0.25) is 0 Å². The summed E-state index contributed by atoms with van der Waals surface area (Å²) in [6.45, 7) is 8.76. The molecule has 0 spiro atoms. The van der Waals surface area contributed by atoms with E-state index in [1.807, 2.05) is 0 Å². The summed E-state index contributed by atoms with van der Waals surface area (Å²) in [6, 6.07) is 0.723. The minimum Gasteiger partial charge on any atom is -0.395 e. The molecule has 68 valence electrons. The van der Waals surface area contributed by atoms with Gasteiger partial charge in [-0.3, -0.25) is 0 Å². The van der Waals surface area contributed by atoms with E-state index in [0.29, 0.717) is 12.0 Å². The lowest BCUT2D eigenvalue weighted by Gasteiger charge is -2.24.